The van der Waals surface area contributed by atoms with Gasteiger partial charge < -0.3 is 10.0 Å². The van der Waals surface area contributed by atoms with E-state index in [9.17, 15) is 5.11 Å². The van der Waals surface area contributed by atoms with Gasteiger partial charge in [-0.25, -0.2) is 19.9 Å². The molecule has 1 saturated heterocycles. The molecule has 7 unspecified atom stereocenters. The SMILES string of the molecule is OCCN1CC2C3C=CC(C2C1)C1C2C(c4ncccn4)=NNC(c4ncccn4)=C2C31. The van der Waals surface area contributed by atoms with Crippen LogP contribution in [0, 0.1) is 41.4 Å². The maximum atomic E-state index is 9.50. The first-order chi connectivity index (χ1) is 15.8. The number of nitrogens with zero attached hydrogens (tertiary/aromatic N) is 6. The molecule has 4 heterocycles. The summed E-state index contributed by atoms with van der Waals surface area (Å²) in [6, 6.07) is 3.68. The minimum absolute atomic E-state index is 0.188. The molecule has 3 fully saturated rings. The first kappa shape index (κ1) is 18.6. The lowest BCUT2D eigenvalue weighted by atomic mass is 9.41. The zero-order valence-corrected chi connectivity index (χ0v) is 17.6. The summed E-state index contributed by atoms with van der Waals surface area (Å²) < 4.78 is 0. The van der Waals surface area contributed by atoms with Crippen LogP contribution in [-0.2, 0) is 0 Å². The van der Waals surface area contributed by atoms with E-state index in [1.807, 2.05) is 12.1 Å². The van der Waals surface area contributed by atoms with E-state index < -0.39 is 0 Å². The molecular weight excluding hydrogens is 402 g/mol. The van der Waals surface area contributed by atoms with Crippen LogP contribution in [-0.4, -0.2) is 61.9 Å². The minimum Gasteiger partial charge on any atom is -0.395 e. The lowest BCUT2D eigenvalue weighted by Gasteiger charge is -2.63. The third-order valence-electron chi connectivity index (χ3n) is 8.26. The minimum atomic E-state index is 0.188. The number of hydrazone groups is 1. The quantitative estimate of drug-likeness (QED) is 0.708. The van der Waals surface area contributed by atoms with Gasteiger partial charge in [-0.3, -0.25) is 5.43 Å². The Balaban J connectivity index is 1.33. The van der Waals surface area contributed by atoms with Crippen molar-refractivity contribution < 1.29 is 5.11 Å². The van der Waals surface area contributed by atoms with Crippen molar-refractivity contribution in [2.45, 2.75) is 0 Å². The Hall–Kier alpha value is -2.97. The van der Waals surface area contributed by atoms with Crippen molar-refractivity contribution in [3.63, 3.8) is 0 Å². The van der Waals surface area contributed by atoms with E-state index in [4.69, 9.17) is 5.10 Å². The zero-order chi connectivity index (χ0) is 21.2. The molecular formula is C24H25N7O. The molecule has 8 rings (SSSR count). The number of nitrogens with one attached hydrogen (secondary N) is 1. The summed E-state index contributed by atoms with van der Waals surface area (Å²) in [5.41, 5.74) is 6.56. The van der Waals surface area contributed by atoms with Gasteiger partial charge in [-0.15, -0.1) is 0 Å². The van der Waals surface area contributed by atoms with Crippen molar-refractivity contribution in [3.05, 3.63) is 66.3 Å². The van der Waals surface area contributed by atoms with Crippen molar-refractivity contribution in [1.82, 2.24) is 30.3 Å². The molecule has 2 aliphatic heterocycles. The second-order valence-electron chi connectivity index (χ2n) is 9.52. The molecule has 2 saturated carbocycles. The summed E-state index contributed by atoms with van der Waals surface area (Å²) in [4.78, 5) is 20.6. The van der Waals surface area contributed by atoms with Crippen LogP contribution in [0.5, 0.6) is 0 Å². The van der Waals surface area contributed by atoms with Gasteiger partial charge in [0.2, 0.25) is 0 Å². The largest absolute Gasteiger partial charge is 0.395 e. The third-order valence-corrected chi connectivity index (χ3v) is 8.26. The smallest absolute Gasteiger partial charge is 0.177 e. The summed E-state index contributed by atoms with van der Waals surface area (Å²) in [6.45, 7) is 3.14. The molecule has 0 spiro atoms. The molecule has 0 radical (unpaired) electrons. The highest BCUT2D eigenvalue weighted by Crippen LogP contribution is 2.67. The Bertz CT molecular complexity index is 1130. The Labute approximate surface area is 186 Å². The topological polar surface area (TPSA) is 99.4 Å². The number of rotatable bonds is 4. The number of aliphatic hydroxyl groups is 1. The van der Waals surface area contributed by atoms with Crippen molar-refractivity contribution in [2.75, 3.05) is 26.2 Å². The number of aromatic nitrogens is 4. The number of fused-ring (bicyclic) bond motifs is 1. The lowest BCUT2D eigenvalue weighted by molar-refractivity contribution is -0.0113. The van der Waals surface area contributed by atoms with Crippen molar-refractivity contribution in [1.29, 1.82) is 0 Å². The van der Waals surface area contributed by atoms with Gasteiger partial charge in [0.05, 0.1) is 6.61 Å². The molecule has 4 aliphatic carbocycles. The van der Waals surface area contributed by atoms with Gasteiger partial charge in [-0.05, 0) is 53.2 Å². The van der Waals surface area contributed by atoms with Crippen molar-refractivity contribution in [3.8, 4) is 0 Å². The highest BCUT2D eigenvalue weighted by molar-refractivity contribution is 6.05. The predicted octanol–water partition coefficient (Wildman–Crippen LogP) is 1.20. The van der Waals surface area contributed by atoms with Crippen LogP contribution in [0.25, 0.3) is 5.70 Å². The van der Waals surface area contributed by atoms with E-state index in [-0.39, 0.29) is 12.5 Å². The second kappa shape index (κ2) is 7.02. The maximum Gasteiger partial charge on any atom is 0.177 e. The number of β-amino-alcohol motifs (C(OH)–C–C–N with tert-alkyl or cyclic N) is 1. The predicted molar refractivity (Wildman–Crippen MR) is 118 cm³/mol. The lowest BCUT2D eigenvalue weighted by Crippen LogP contribution is -2.61. The molecule has 8 heteroatoms. The summed E-state index contributed by atoms with van der Waals surface area (Å²) in [5, 5.41) is 14.3. The molecule has 0 amide bonds. The van der Waals surface area contributed by atoms with Crippen LogP contribution in [0.3, 0.4) is 0 Å². The molecule has 2 aromatic heterocycles. The number of hydrogen-bond donors (Lipinski definition) is 2. The van der Waals surface area contributed by atoms with E-state index in [0.717, 1.165) is 31.0 Å². The van der Waals surface area contributed by atoms with Crippen LogP contribution >= 0.6 is 0 Å². The Kier molecular flexibility index (Phi) is 4.07. The fraction of sp³-hybridized carbons (Fsp3) is 0.458. The Morgan fingerprint density at radius 3 is 2.28 bits per heavy atom. The molecule has 0 aromatic carbocycles. The molecule has 162 valence electrons. The Morgan fingerprint density at radius 2 is 1.56 bits per heavy atom. The summed E-state index contributed by atoms with van der Waals surface area (Å²) >= 11 is 0. The highest BCUT2D eigenvalue weighted by Gasteiger charge is 2.65. The zero-order valence-electron chi connectivity index (χ0n) is 17.6. The van der Waals surface area contributed by atoms with E-state index in [0.29, 0.717) is 47.2 Å². The molecule has 2 aromatic rings. The summed E-state index contributed by atoms with van der Waals surface area (Å²) in [5.74, 6) is 4.85. The fourth-order valence-electron chi connectivity index (χ4n) is 7.19. The third kappa shape index (κ3) is 2.47. The number of hydrogen-bond acceptors (Lipinski definition) is 8. The summed E-state index contributed by atoms with van der Waals surface area (Å²) in [6.07, 6.45) is 12.1. The fourth-order valence-corrected chi connectivity index (χ4v) is 7.19. The van der Waals surface area contributed by atoms with Gasteiger partial charge in [0.1, 0.15) is 11.4 Å². The van der Waals surface area contributed by atoms with Gasteiger partial charge in [0, 0.05) is 50.3 Å². The first-order valence-electron chi connectivity index (χ1n) is 11.5. The second-order valence-corrected chi connectivity index (χ2v) is 9.52. The number of aliphatic hydroxyl groups excluding tert-OH is 1. The van der Waals surface area contributed by atoms with E-state index in [1.165, 1.54) is 5.57 Å². The van der Waals surface area contributed by atoms with Gasteiger partial charge in [-0.2, -0.15) is 5.10 Å². The van der Waals surface area contributed by atoms with Crippen LogP contribution in [0.15, 0.2) is 59.7 Å². The van der Waals surface area contributed by atoms with E-state index >= 15 is 0 Å². The van der Waals surface area contributed by atoms with Gasteiger partial charge in [0.15, 0.2) is 11.6 Å². The summed E-state index contributed by atoms with van der Waals surface area (Å²) in [7, 11) is 0. The average molecular weight is 428 g/mol. The maximum absolute atomic E-state index is 9.50. The Morgan fingerprint density at radius 1 is 0.906 bits per heavy atom. The van der Waals surface area contributed by atoms with Crippen LogP contribution in [0.4, 0.5) is 0 Å². The van der Waals surface area contributed by atoms with Crippen LogP contribution < -0.4 is 5.43 Å². The van der Waals surface area contributed by atoms with Crippen LogP contribution in [0.2, 0.25) is 0 Å². The van der Waals surface area contributed by atoms with Crippen molar-refractivity contribution >= 4 is 11.4 Å². The van der Waals surface area contributed by atoms with Gasteiger partial charge >= 0.3 is 0 Å². The monoisotopic (exact) mass is 427 g/mol. The van der Waals surface area contributed by atoms with Crippen molar-refractivity contribution in [2.24, 2.45) is 46.5 Å². The molecule has 7 atom stereocenters. The number of likely N-dealkylation sites (tertiary alicyclic amines) is 1. The first-order valence-corrected chi connectivity index (χ1v) is 11.5. The number of allylic oxidation sites excluding steroid dienone is 3. The molecule has 8 nitrogen and oxygen atoms in total. The highest BCUT2D eigenvalue weighted by atomic mass is 16.3. The molecule has 6 aliphatic rings. The van der Waals surface area contributed by atoms with E-state index in [1.54, 1.807) is 24.8 Å². The van der Waals surface area contributed by atoms with Crippen LogP contribution in [0.1, 0.15) is 11.6 Å². The molecule has 32 heavy (non-hydrogen) atoms. The average Bonchev–Trinajstić information content (AvgIpc) is 3.28. The normalized spacial score (nSPS) is 36.7. The van der Waals surface area contributed by atoms with E-state index in [2.05, 4.69) is 42.4 Å². The van der Waals surface area contributed by atoms with Gasteiger partial charge in [0.25, 0.3) is 0 Å². The molecule has 2 bridgehead atoms. The molecule has 2 N–H and O–H groups in total. The van der Waals surface area contributed by atoms with Gasteiger partial charge in [-0.1, -0.05) is 12.2 Å². The standard InChI is InChI=1S/C24H25N7O/c32-10-9-31-11-15-13-3-4-14(16(15)12-31)18-17(13)19-20(18)22(24-27-7-2-8-28-24)30-29-21(19)23-25-5-1-6-26-23/h1-8,13-19,30,32H,9-12H2.